The molecule has 0 aromatic rings. The summed E-state index contributed by atoms with van der Waals surface area (Å²) in [5.74, 6) is 0.290. The summed E-state index contributed by atoms with van der Waals surface area (Å²) in [6.07, 6.45) is -3.26. The van der Waals surface area contributed by atoms with E-state index >= 15 is 0 Å². The first-order valence-corrected chi connectivity index (χ1v) is 20.0. The summed E-state index contributed by atoms with van der Waals surface area (Å²) < 4.78 is 24.7. The Hall–Kier alpha value is -1.00. The third kappa shape index (κ3) is 6.82. The Morgan fingerprint density at radius 1 is 0.868 bits per heavy atom. The number of rotatable bonds is 9. The molecule has 5 fully saturated rings. The van der Waals surface area contributed by atoms with E-state index in [0.29, 0.717) is 12.8 Å². The van der Waals surface area contributed by atoms with Crippen LogP contribution in [0.3, 0.4) is 0 Å². The van der Waals surface area contributed by atoms with Crippen LogP contribution in [0.4, 0.5) is 0 Å². The third-order valence-corrected chi connectivity index (χ3v) is 15.5. The maximum Gasteiger partial charge on any atom is 0.186 e. The first-order chi connectivity index (χ1) is 24.7. The average molecular weight is 753 g/mol. The summed E-state index contributed by atoms with van der Waals surface area (Å²) >= 11 is 0. The van der Waals surface area contributed by atoms with Crippen molar-refractivity contribution in [1.82, 2.24) is 0 Å². The summed E-state index contributed by atoms with van der Waals surface area (Å²) in [6.45, 7) is 17.0. The number of aliphatic hydroxyl groups excluding tert-OH is 8. The van der Waals surface area contributed by atoms with Crippen molar-refractivity contribution < 1.29 is 59.8 Å². The lowest BCUT2D eigenvalue weighted by molar-refractivity contribution is -0.315. The van der Waals surface area contributed by atoms with Crippen LogP contribution in [0.5, 0.6) is 0 Å². The van der Waals surface area contributed by atoms with Gasteiger partial charge in [0, 0.05) is 11.3 Å². The van der Waals surface area contributed by atoms with Gasteiger partial charge in [-0.3, -0.25) is 0 Å². The lowest BCUT2D eigenvalue weighted by atomic mass is 9.38. The maximum absolute atomic E-state index is 12.4. The predicted molar refractivity (Wildman–Crippen MR) is 195 cm³/mol. The minimum Gasteiger partial charge on any atom is -0.394 e. The second-order valence-corrected chi connectivity index (χ2v) is 19.1. The van der Waals surface area contributed by atoms with Crippen molar-refractivity contribution >= 4 is 0 Å². The van der Waals surface area contributed by atoms with Crippen molar-refractivity contribution in [1.29, 1.82) is 0 Å². The molecule has 12 heteroatoms. The SMILES string of the molecule is CC(C)=CCCC(C)[C@@H]1[C@H](O[C@@H]2O[C@@H](CO)[C@@H](O)[C@H](O)[C@@H]2O)C[C@]2(C)[C@H]3[C@@H](O)C=C4[C@H](CC[C@@H](O[C@@H]5OC[C@@H](O)[C@H](O)C5O)C4(C)C)[C@@]3(C)CC[C@@]12C. The molecular weight excluding hydrogens is 684 g/mol. The molecular formula is C41H68O12. The standard InChI is InChI=1S/C41H68O12/c1-20(2)10-9-11-21(3)29-26(51-37-34(49)32(47)31(46)27(18-42)52-37)17-41(8)35-24(43)16-23-22(39(35,6)14-15-40(29,41)7)12-13-28(38(23,4)5)53-36-33(48)30(45)25(44)19-50-36/h10,16,21-22,24-37,42-49H,9,11-15,17-19H2,1-8H3/t21?,22-,24-,25+,26+,27-,28+,29+,30-,31+,32-,33?,34-,35-,36-,37+,39+,40-,41+/m0/s1. The molecule has 12 nitrogen and oxygen atoms in total. The molecule has 19 atom stereocenters. The molecule has 2 heterocycles. The van der Waals surface area contributed by atoms with Gasteiger partial charge in [0.25, 0.3) is 0 Å². The monoisotopic (exact) mass is 752 g/mol. The Morgan fingerprint density at radius 3 is 2.21 bits per heavy atom. The number of hydrogen-bond acceptors (Lipinski definition) is 12. The molecule has 6 rings (SSSR count). The summed E-state index contributed by atoms with van der Waals surface area (Å²) in [6, 6.07) is 0. The van der Waals surface area contributed by atoms with E-state index in [0.717, 1.165) is 37.7 Å². The molecule has 3 saturated carbocycles. The molecule has 0 radical (unpaired) electrons. The number of allylic oxidation sites excluding steroid dienone is 2. The second kappa shape index (κ2) is 15.1. The summed E-state index contributed by atoms with van der Waals surface area (Å²) in [5.41, 5.74) is 0.950. The molecule has 2 aliphatic heterocycles. The average Bonchev–Trinajstić information content (AvgIpc) is 3.31. The van der Waals surface area contributed by atoms with Gasteiger partial charge in [-0.25, -0.2) is 0 Å². The molecule has 4 aliphatic carbocycles. The second-order valence-electron chi connectivity index (χ2n) is 19.1. The van der Waals surface area contributed by atoms with Crippen molar-refractivity contribution in [3.05, 3.63) is 23.3 Å². The van der Waals surface area contributed by atoms with Crippen molar-refractivity contribution in [3.63, 3.8) is 0 Å². The Morgan fingerprint density at radius 2 is 1.55 bits per heavy atom. The normalized spacial score (nSPS) is 51.4. The van der Waals surface area contributed by atoms with Crippen LogP contribution in [-0.2, 0) is 18.9 Å². The van der Waals surface area contributed by atoms with Crippen LogP contribution in [0.2, 0.25) is 0 Å². The Bertz CT molecular complexity index is 1360. The van der Waals surface area contributed by atoms with Crippen LogP contribution in [0, 0.1) is 45.3 Å². The minimum absolute atomic E-state index is 0.0314. The van der Waals surface area contributed by atoms with E-state index in [9.17, 15) is 40.9 Å². The van der Waals surface area contributed by atoms with Crippen molar-refractivity contribution in [2.45, 2.75) is 174 Å². The van der Waals surface area contributed by atoms with Crippen LogP contribution >= 0.6 is 0 Å². The first kappa shape index (κ1) is 41.6. The van der Waals surface area contributed by atoms with E-state index in [-0.39, 0.29) is 53.3 Å². The van der Waals surface area contributed by atoms with Crippen LogP contribution in [-0.4, -0.2) is 128 Å². The van der Waals surface area contributed by atoms with E-state index in [1.807, 2.05) is 0 Å². The molecule has 2 unspecified atom stereocenters. The van der Waals surface area contributed by atoms with Gasteiger partial charge in [-0.15, -0.1) is 0 Å². The first-order valence-electron chi connectivity index (χ1n) is 20.0. The van der Waals surface area contributed by atoms with Gasteiger partial charge in [0.1, 0.15) is 42.7 Å². The van der Waals surface area contributed by atoms with Crippen LogP contribution < -0.4 is 0 Å². The molecule has 304 valence electrons. The number of hydrogen-bond donors (Lipinski definition) is 8. The molecule has 6 aliphatic rings. The van der Waals surface area contributed by atoms with Gasteiger partial charge in [-0.2, -0.15) is 0 Å². The zero-order valence-electron chi connectivity index (χ0n) is 33.0. The van der Waals surface area contributed by atoms with E-state index in [4.69, 9.17) is 18.9 Å². The molecule has 53 heavy (non-hydrogen) atoms. The third-order valence-electron chi connectivity index (χ3n) is 15.5. The fourth-order valence-electron chi connectivity index (χ4n) is 12.4. The molecule has 0 amide bonds. The largest absolute Gasteiger partial charge is 0.394 e. The summed E-state index contributed by atoms with van der Waals surface area (Å²) in [5, 5.41) is 85.5. The molecule has 0 aromatic heterocycles. The van der Waals surface area contributed by atoms with E-state index in [1.54, 1.807) is 0 Å². The van der Waals surface area contributed by atoms with Crippen molar-refractivity contribution in [3.8, 4) is 0 Å². The number of aliphatic hydroxyl groups is 8. The quantitative estimate of drug-likeness (QED) is 0.161. The Balaban J connectivity index is 1.32. The number of fused-ring (bicyclic) bond motifs is 5. The van der Waals surface area contributed by atoms with Gasteiger partial charge < -0.3 is 59.8 Å². The fourth-order valence-corrected chi connectivity index (χ4v) is 12.4. The molecule has 0 aromatic carbocycles. The van der Waals surface area contributed by atoms with Gasteiger partial charge >= 0.3 is 0 Å². The topological polar surface area (TPSA) is 199 Å². The minimum atomic E-state index is -1.53. The maximum atomic E-state index is 12.4. The highest BCUT2D eigenvalue weighted by atomic mass is 16.7. The smallest absolute Gasteiger partial charge is 0.186 e. The van der Waals surface area contributed by atoms with E-state index < -0.39 is 78.8 Å². The van der Waals surface area contributed by atoms with Gasteiger partial charge in [0.15, 0.2) is 12.6 Å². The summed E-state index contributed by atoms with van der Waals surface area (Å²) in [7, 11) is 0. The fraction of sp³-hybridized carbons (Fsp3) is 0.902. The molecule has 8 N–H and O–H groups in total. The number of ether oxygens (including phenoxy) is 4. The van der Waals surface area contributed by atoms with Gasteiger partial charge in [-0.05, 0) is 92.8 Å². The van der Waals surface area contributed by atoms with Gasteiger partial charge in [0.05, 0.1) is 31.5 Å². The van der Waals surface area contributed by atoms with Crippen LogP contribution in [0.1, 0.15) is 100 Å². The highest BCUT2D eigenvalue weighted by Crippen LogP contribution is 2.75. The van der Waals surface area contributed by atoms with E-state index in [2.05, 4.69) is 67.5 Å². The zero-order chi connectivity index (χ0) is 39.0. The predicted octanol–water partition coefficient (Wildman–Crippen LogP) is 2.56. The van der Waals surface area contributed by atoms with Crippen LogP contribution in [0.25, 0.3) is 0 Å². The highest BCUT2D eigenvalue weighted by Gasteiger charge is 2.72. The zero-order valence-corrected chi connectivity index (χ0v) is 33.0. The van der Waals surface area contributed by atoms with Crippen LogP contribution in [0.15, 0.2) is 23.3 Å². The highest BCUT2D eigenvalue weighted by molar-refractivity contribution is 5.33. The molecule has 2 saturated heterocycles. The lowest BCUT2D eigenvalue weighted by Crippen LogP contribution is -2.63. The van der Waals surface area contributed by atoms with Crippen molar-refractivity contribution in [2.75, 3.05) is 13.2 Å². The molecule has 0 bridgehead atoms. The van der Waals surface area contributed by atoms with E-state index in [1.165, 1.54) is 5.57 Å². The lowest BCUT2D eigenvalue weighted by Gasteiger charge is -2.67. The van der Waals surface area contributed by atoms with Crippen molar-refractivity contribution in [2.24, 2.45) is 45.3 Å². The Kier molecular flexibility index (Phi) is 11.8. The summed E-state index contributed by atoms with van der Waals surface area (Å²) in [4.78, 5) is 0. The van der Waals surface area contributed by atoms with Gasteiger partial charge in [-0.1, -0.05) is 64.8 Å². The Labute approximate surface area is 315 Å². The molecule has 0 spiro atoms. The van der Waals surface area contributed by atoms with Gasteiger partial charge in [0.2, 0.25) is 0 Å².